The number of hydrogen-bond donors (Lipinski definition) is 0. The molecule has 0 radical (unpaired) electrons. The van der Waals surface area contributed by atoms with Crippen LogP contribution in [0.2, 0.25) is 0 Å². The molecule has 3 aliphatic rings. The van der Waals surface area contributed by atoms with Crippen molar-refractivity contribution in [3.63, 3.8) is 0 Å². The molecule has 0 bridgehead atoms. The zero-order valence-corrected chi connectivity index (χ0v) is 19.1. The van der Waals surface area contributed by atoms with Crippen LogP contribution in [0.4, 0.5) is 0 Å². The minimum atomic E-state index is 0.552. The molecule has 1 aromatic carbocycles. The van der Waals surface area contributed by atoms with Crippen LogP contribution in [0.25, 0.3) is 0 Å². The molecule has 1 heteroatoms. The maximum absolute atomic E-state index is 5.95. The molecule has 2 fully saturated rings. The Hall–Kier alpha value is -0.820. The van der Waals surface area contributed by atoms with Crippen LogP contribution in [-0.4, -0.2) is 12.7 Å². The van der Waals surface area contributed by atoms with E-state index in [2.05, 4.69) is 32.0 Å². The van der Waals surface area contributed by atoms with Crippen molar-refractivity contribution in [2.45, 2.75) is 116 Å². The van der Waals surface area contributed by atoms with Crippen molar-refractivity contribution in [1.29, 1.82) is 0 Å². The first kappa shape index (κ1) is 21.4. The molecule has 5 unspecified atom stereocenters. The highest BCUT2D eigenvalue weighted by molar-refractivity contribution is 5.36. The quantitative estimate of drug-likeness (QED) is 0.406. The lowest BCUT2D eigenvalue weighted by Crippen LogP contribution is -2.33. The van der Waals surface area contributed by atoms with Crippen LogP contribution in [0.5, 0.6) is 0 Å². The minimum absolute atomic E-state index is 0.552. The predicted molar refractivity (Wildman–Crippen MR) is 124 cm³/mol. The molecule has 3 aliphatic carbocycles. The average Bonchev–Trinajstić information content (AvgIpc) is 2.76. The highest BCUT2D eigenvalue weighted by Gasteiger charge is 2.36. The zero-order valence-electron chi connectivity index (χ0n) is 19.1. The van der Waals surface area contributed by atoms with Gasteiger partial charge in [0.25, 0.3) is 0 Å². The number of fused-ring (bicyclic) bond motifs is 2. The van der Waals surface area contributed by atoms with Gasteiger partial charge in [-0.1, -0.05) is 57.2 Å². The van der Waals surface area contributed by atoms with E-state index in [1.165, 1.54) is 89.9 Å². The van der Waals surface area contributed by atoms with E-state index in [9.17, 15) is 0 Å². The molecule has 0 aromatic heterocycles. The molecule has 29 heavy (non-hydrogen) atoms. The third kappa shape index (κ3) is 5.46. The summed E-state index contributed by atoms with van der Waals surface area (Å²) in [6.07, 6.45) is 20.0. The third-order valence-electron chi connectivity index (χ3n) is 8.47. The second-order valence-electron chi connectivity index (χ2n) is 10.4. The molecule has 0 amide bonds. The Bertz CT molecular complexity index is 635. The summed E-state index contributed by atoms with van der Waals surface area (Å²) in [7, 11) is 0. The summed E-state index contributed by atoms with van der Waals surface area (Å²) in [6.45, 7) is 5.35. The molecular weight excluding hydrogens is 352 g/mol. The first-order valence-electron chi connectivity index (χ1n) is 13.0. The highest BCUT2D eigenvalue weighted by atomic mass is 16.5. The monoisotopic (exact) mass is 396 g/mol. The van der Waals surface area contributed by atoms with Gasteiger partial charge in [-0.25, -0.2) is 0 Å². The van der Waals surface area contributed by atoms with E-state index in [0.717, 1.165) is 30.3 Å². The van der Waals surface area contributed by atoms with Crippen LogP contribution >= 0.6 is 0 Å². The van der Waals surface area contributed by atoms with Crippen molar-refractivity contribution in [2.75, 3.05) is 6.61 Å². The molecule has 0 spiro atoms. The van der Waals surface area contributed by atoms with E-state index >= 15 is 0 Å². The molecule has 0 N–H and O–H groups in total. The summed E-state index contributed by atoms with van der Waals surface area (Å²) < 4.78 is 5.95. The molecule has 0 saturated heterocycles. The number of ether oxygens (including phenoxy) is 1. The van der Waals surface area contributed by atoms with E-state index in [4.69, 9.17) is 4.74 Å². The van der Waals surface area contributed by atoms with Gasteiger partial charge in [0.2, 0.25) is 0 Å². The largest absolute Gasteiger partial charge is 0.378 e. The molecule has 0 heterocycles. The van der Waals surface area contributed by atoms with Crippen LogP contribution in [0.15, 0.2) is 18.2 Å². The second-order valence-corrected chi connectivity index (χ2v) is 10.4. The van der Waals surface area contributed by atoms with Gasteiger partial charge in [-0.15, -0.1) is 0 Å². The summed E-state index contributed by atoms with van der Waals surface area (Å²) in [4.78, 5) is 0. The fourth-order valence-electron chi connectivity index (χ4n) is 6.75. The lowest BCUT2D eigenvalue weighted by atomic mass is 9.65. The van der Waals surface area contributed by atoms with E-state index in [1.54, 1.807) is 16.7 Å². The smallest absolute Gasteiger partial charge is 0.0577 e. The standard InChI is InChI=1S/C28H44O/c1-3-5-6-7-8-21-9-10-23-18-24(12-11-22(23)17-21)25-13-14-27-20-28(29-4-2)16-15-26(27)19-25/h11-12,18,21,25-28H,3-10,13-17,19-20H2,1-2H3. The Balaban J connectivity index is 1.31. The molecule has 4 rings (SSSR count). The maximum Gasteiger partial charge on any atom is 0.0577 e. The van der Waals surface area contributed by atoms with E-state index in [1.807, 2.05) is 0 Å². The molecule has 5 atom stereocenters. The number of unbranched alkanes of at least 4 members (excludes halogenated alkanes) is 3. The lowest BCUT2D eigenvalue weighted by molar-refractivity contribution is -0.00955. The molecule has 1 aromatic rings. The first-order chi connectivity index (χ1) is 14.3. The van der Waals surface area contributed by atoms with Crippen molar-refractivity contribution in [3.05, 3.63) is 34.9 Å². The fraction of sp³-hybridized carbons (Fsp3) is 0.786. The van der Waals surface area contributed by atoms with Crippen molar-refractivity contribution in [2.24, 2.45) is 17.8 Å². The molecule has 162 valence electrons. The van der Waals surface area contributed by atoms with Gasteiger partial charge >= 0.3 is 0 Å². The Morgan fingerprint density at radius 1 is 0.862 bits per heavy atom. The second kappa shape index (κ2) is 10.5. The van der Waals surface area contributed by atoms with Gasteiger partial charge < -0.3 is 4.74 Å². The van der Waals surface area contributed by atoms with Crippen molar-refractivity contribution >= 4 is 0 Å². The Kier molecular flexibility index (Phi) is 7.73. The molecule has 2 saturated carbocycles. The van der Waals surface area contributed by atoms with Gasteiger partial charge in [-0.05, 0) is 105 Å². The van der Waals surface area contributed by atoms with E-state index < -0.39 is 0 Å². The summed E-state index contributed by atoms with van der Waals surface area (Å²) in [5.74, 6) is 3.65. The van der Waals surface area contributed by atoms with Crippen molar-refractivity contribution < 1.29 is 4.74 Å². The van der Waals surface area contributed by atoms with Crippen LogP contribution in [0.1, 0.15) is 114 Å². The van der Waals surface area contributed by atoms with Crippen molar-refractivity contribution in [1.82, 2.24) is 0 Å². The number of rotatable bonds is 8. The van der Waals surface area contributed by atoms with Gasteiger partial charge in [-0.3, -0.25) is 0 Å². The van der Waals surface area contributed by atoms with Gasteiger partial charge in [-0.2, -0.15) is 0 Å². The van der Waals surface area contributed by atoms with Gasteiger partial charge in [0, 0.05) is 6.61 Å². The van der Waals surface area contributed by atoms with Gasteiger partial charge in [0.15, 0.2) is 0 Å². The van der Waals surface area contributed by atoms with Crippen LogP contribution < -0.4 is 0 Å². The summed E-state index contributed by atoms with van der Waals surface area (Å²) in [6, 6.07) is 7.65. The van der Waals surface area contributed by atoms with Crippen LogP contribution in [0.3, 0.4) is 0 Å². The molecule has 1 nitrogen and oxygen atoms in total. The normalized spacial score (nSPS) is 31.9. The third-order valence-corrected chi connectivity index (χ3v) is 8.47. The van der Waals surface area contributed by atoms with Gasteiger partial charge in [0.05, 0.1) is 6.10 Å². The zero-order chi connectivity index (χ0) is 20.1. The highest BCUT2D eigenvalue weighted by Crippen LogP contribution is 2.47. The van der Waals surface area contributed by atoms with Crippen LogP contribution in [0, 0.1) is 17.8 Å². The number of benzene rings is 1. The first-order valence-corrected chi connectivity index (χ1v) is 13.0. The van der Waals surface area contributed by atoms with Crippen LogP contribution in [-0.2, 0) is 17.6 Å². The summed E-state index contributed by atoms with van der Waals surface area (Å²) in [5.41, 5.74) is 5.02. The number of hydrogen-bond acceptors (Lipinski definition) is 1. The molecular formula is C28H44O. The lowest BCUT2D eigenvalue weighted by Gasteiger charge is -2.42. The van der Waals surface area contributed by atoms with E-state index in [0.29, 0.717) is 6.10 Å². The minimum Gasteiger partial charge on any atom is -0.378 e. The summed E-state index contributed by atoms with van der Waals surface area (Å²) >= 11 is 0. The summed E-state index contributed by atoms with van der Waals surface area (Å²) in [5, 5.41) is 0. The topological polar surface area (TPSA) is 9.23 Å². The maximum atomic E-state index is 5.95. The Morgan fingerprint density at radius 3 is 2.59 bits per heavy atom. The predicted octanol–water partition coefficient (Wildman–Crippen LogP) is 7.85. The fourth-order valence-corrected chi connectivity index (χ4v) is 6.75. The average molecular weight is 397 g/mol. The number of aryl methyl sites for hydroxylation is 1. The SMILES string of the molecule is CCCCCCC1CCc2cc(C3CCC4CC(OCC)CCC4C3)ccc2C1. The Morgan fingerprint density at radius 2 is 1.72 bits per heavy atom. The molecule has 0 aliphatic heterocycles. The Labute approximate surface area is 180 Å². The van der Waals surface area contributed by atoms with Gasteiger partial charge in [0.1, 0.15) is 0 Å². The van der Waals surface area contributed by atoms with Crippen molar-refractivity contribution in [3.8, 4) is 0 Å². The van der Waals surface area contributed by atoms with E-state index in [-0.39, 0.29) is 0 Å².